The molecule has 0 radical (unpaired) electrons. The summed E-state index contributed by atoms with van der Waals surface area (Å²) in [6.45, 7) is 4.86. The van der Waals surface area contributed by atoms with Crippen LogP contribution < -0.4 is 4.90 Å². The van der Waals surface area contributed by atoms with Crippen LogP contribution in [0.15, 0.2) is 12.3 Å². The van der Waals surface area contributed by atoms with Gasteiger partial charge in [0.2, 0.25) is 0 Å². The number of piperazine rings is 1. The van der Waals surface area contributed by atoms with E-state index in [1.165, 1.54) is 6.20 Å². The molecule has 21 heavy (non-hydrogen) atoms. The fourth-order valence-electron chi connectivity index (χ4n) is 2.05. The van der Waals surface area contributed by atoms with Gasteiger partial charge in [-0.05, 0) is 20.8 Å². The number of nitrogens with zero attached hydrogens (tertiary/aromatic N) is 4. The quantitative estimate of drug-likeness (QED) is 0.841. The Balaban J connectivity index is 1.89. The molecule has 1 aromatic rings. The molecule has 1 amide bonds. The number of aromatic nitrogens is 2. The first-order valence-corrected chi connectivity index (χ1v) is 6.82. The Kier molecular flexibility index (Phi) is 4.34. The second kappa shape index (κ2) is 5.87. The number of hydrogen-bond acceptors (Lipinski definition) is 4. The molecule has 1 aliphatic heterocycles. The molecule has 0 atom stereocenters. The lowest BCUT2D eigenvalue weighted by Gasteiger charge is -2.35. The summed E-state index contributed by atoms with van der Waals surface area (Å²) in [5, 5.41) is 3.82. The van der Waals surface area contributed by atoms with Crippen molar-refractivity contribution in [3.8, 4) is 0 Å². The van der Waals surface area contributed by atoms with Crippen molar-refractivity contribution in [1.82, 2.24) is 14.7 Å². The van der Waals surface area contributed by atoms with E-state index in [0.717, 1.165) is 0 Å². The highest BCUT2D eigenvalue weighted by atomic mass is 19.3. The van der Waals surface area contributed by atoms with Gasteiger partial charge in [-0.2, -0.15) is 13.9 Å². The first-order valence-electron chi connectivity index (χ1n) is 6.82. The second-order valence-corrected chi connectivity index (χ2v) is 5.89. The maximum Gasteiger partial charge on any atom is 0.410 e. The van der Waals surface area contributed by atoms with Gasteiger partial charge in [-0.15, -0.1) is 0 Å². The standard InChI is InChI=1S/C13H20F2N4O2/c1-13(2,3)21-12(20)18-8-6-17(7-9-18)10-4-5-19(16-10)11(14)15/h4-5,11H,6-9H2,1-3H3. The number of rotatable bonds is 2. The number of anilines is 1. The summed E-state index contributed by atoms with van der Waals surface area (Å²) < 4.78 is 30.9. The third-order valence-corrected chi connectivity index (χ3v) is 3.05. The van der Waals surface area contributed by atoms with Crippen molar-refractivity contribution >= 4 is 11.9 Å². The van der Waals surface area contributed by atoms with E-state index >= 15 is 0 Å². The topological polar surface area (TPSA) is 50.6 Å². The van der Waals surface area contributed by atoms with Gasteiger partial charge in [-0.3, -0.25) is 0 Å². The molecule has 0 bridgehead atoms. The largest absolute Gasteiger partial charge is 0.444 e. The van der Waals surface area contributed by atoms with Crippen LogP contribution in [0, 0.1) is 0 Å². The van der Waals surface area contributed by atoms with E-state index < -0.39 is 12.2 Å². The molecule has 118 valence electrons. The lowest BCUT2D eigenvalue weighted by atomic mass is 10.2. The minimum Gasteiger partial charge on any atom is -0.444 e. The van der Waals surface area contributed by atoms with Gasteiger partial charge in [0.05, 0.1) is 0 Å². The van der Waals surface area contributed by atoms with Crippen LogP contribution in [0.25, 0.3) is 0 Å². The predicted molar refractivity (Wildman–Crippen MR) is 73.5 cm³/mol. The molecule has 0 N–H and O–H groups in total. The van der Waals surface area contributed by atoms with Crippen LogP contribution in [-0.2, 0) is 4.74 Å². The molecule has 1 aliphatic rings. The van der Waals surface area contributed by atoms with E-state index in [-0.39, 0.29) is 6.09 Å². The van der Waals surface area contributed by atoms with E-state index in [9.17, 15) is 13.6 Å². The zero-order valence-electron chi connectivity index (χ0n) is 12.4. The van der Waals surface area contributed by atoms with Crippen LogP contribution >= 0.6 is 0 Å². The van der Waals surface area contributed by atoms with Crippen molar-refractivity contribution in [3.05, 3.63) is 12.3 Å². The Labute approximate surface area is 122 Å². The Hall–Kier alpha value is -1.86. The third-order valence-electron chi connectivity index (χ3n) is 3.05. The van der Waals surface area contributed by atoms with Crippen LogP contribution in [0.1, 0.15) is 27.3 Å². The van der Waals surface area contributed by atoms with Crippen molar-refractivity contribution < 1.29 is 18.3 Å². The summed E-state index contributed by atoms with van der Waals surface area (Å²) >= 11 is 0. The van der Waals surface area contributed by atoms with Crippen LogP contribution in [-0.4, -0.2) is 52.6 Å². The van der Waals surface area contributed by atoms with E-state index in [4.69, 9.17) is 4.74 Å². The number of carbonyl (C=O) groups excluding carboxylic acids is 1. The van der Waals surface area contributed by atoms with Crippen molar-refractivity contribution in [3.63, 3.8) is 0 Å². The zero-order valence-corrected chi connectivity index (χ0v) is 12.4. The van der Waals surface area contributed by atoms with E-state index in [2.05, 4.69) is 5.10 Å². The molecule has 0 spiro atoms. The Bertz CT molecular complexity index is 491. The minimum absolute atomic E-state index is 0.347. The normalized spacial score (nSPS) is 16.5. The van der Waals surface area contributed by atoms with Crippen LogP contribution in [0.3, 0.4) is 0 Å². The van der Waals surface area contributed by atoms with Crippen molar-refractivity contribution in [1.29, 1.82) is 0 Å². The number of ether oxygens (including phenoxy) is 1. The van der Waals surface area contributed by atoms with Gasteiger partial charge in [0.1, 0.15) is 5.60 Å². The highest BCUT2D eigenvalue weighted by Crippen LogP contribution is 2.18. The maximum absolute atomic E-state index is 12.5. The average Bonchev–Trinajstić information content (AvgIpc) is 2.86. The zero-order chi connectivity index (χ0) is 15.6. The van der Waals surface area contributed by atoms with Gasteiger partial charge >= 0.3 is 12.6 Å². The summed E-state index contributed by atoms with van der Waals surface area (Å²) in [6, 6.07) is 1.55. The fraction of sp³-hybridized carbons (Fsp3) is 0.692. The van der Waals surface area contributed by atoms with Gasteiger partial charge < -0.3 is 14.5 Å². The molecule has 1 saturated heterocycles. The minimum atomic E-state index is -2.64. The average molecular weight is 302 g/mol. The van der Waals surface area contributed by atoms with Crippen LogP contribution in [0.2, 0.25) is 0 Å². The summed E-state index contributed by atoms with van der Waals surface area (Å²) in [4.78, 5) is 15.4. The van der Waals surface area contributed by atoms with Gasteiger partial charge in [-0.1, -0.05) is 0 Å². The lowest BCUT2D eigenvalue weighted by Crippen LogP contribution is -2.50. The molecule has 0 aliphatic carbocycles. The maximum atomic E-state index is 12.5. The molecular formula is C13H20F2N4O2. The van der Waals surface area contributed by atoms with Gasteiger partial charge in [-0.25, -0.2) is 9.48 Å². The number of halogens is 2. The molecule has 8 heteroatoms. The number of hydrogen-bond donors (Lipinski definition) is 0. The molecule has 2 heterocycles. The summed E-state index contributed by atoms with van der Waals surface area (Å²) in [5.74, 6) is 0.499. The SMILES string of the molecule is CC(C)(C)OC(=O)N1CCN(c2ccn(C(F)F)n2)CC1. The van der Waals surface area contributed by atoms with Crippen molar-refractivity contribution in [2.75, 3.05) is 31.1 Å². The molecular weight excluding hydrogens is 282 g/mol. The Morgan fingerprint density at radius 2 is 1.90 bits per heavy atom. The summed E-state index contributed by atoms with van der Waals surface area (Å²) in [6.07, 6.45) is 0.903. The van der Waals surface area contributed by atoms with E-state index in [1.54, 1.807) is 11.0 Å². The van der Waals surface area contributed by atoms with E-state index in [0.29, 0.717) is 36.7 Å². The molecule has 1 fully saturated rings. The third kappa shape index (κ3) is 4.05. The van der Waals surface area contributed by atoms with Gasteiger partial charge in [0, 0.05) is 38.4 Å². The van der Waals surface area contributed by atoms with Gasteiger partial charge in [0.15, 0.2) is 5.82 Å². The number of amides is 1. The first kappa shape index (κ1) is 15.5. The fourth-order valence-corrected chi connectivity index (χ4v) is 2.05. The second-order valence-electron chi connectivity index (χ2n) is 5.89. The van der Waals surface area contributed by atoms with Crippen molar-refractivity contribution in [2.24, 2.45) is 0 Å². The summed E-state index contributed by atoms with van der Waals surface area (Å²) in [7, 11) is 0. The molecule has 1 aromatic heterocycles. The molecule has 2 rings (SSSR count). The Morgan fingerprint density at radius 3 is 2.38 bits per heavy atom. The first-order chi connectivity index (χ1) is 9.76. The molecule has 0 aromatic carbocycles. The van der Waals surface area contributed by atoms with Crippen LogP contribution in [0.5, 0.6) is 0 Å². The highest BCUT2D eigenvalue weighted by molar-refractivity contribution is 5.68. The van der Waals surface area contributed by atoms with E-state index in [1.807, 2.05) is 25.7 Å². The lowest BCUT2D eigenvalue weighted by molar-refractivity contribution is 0.0240. The smallest absolute Gasteiger partial charge is 0.410 e. The molecule has 6 nitrogen and oxygen atoms in total. The summed E-state index contributed by atoms with van der Waals surface area (Å²) in [5.41, 5.74) is -0.524. The predicted octanol–water partition coefficient (Wildman–Crippen LogP) is 2.34. The molecule has 0 unspecified atom stereocenters. The number of carbonyl (C=O) groups is 1. The monoisotopic (exact) mass is 302 g/mol. The van der Waals surface area contributed by atoms with Crippen molar-refractivity contribution in [2.45, 2.75) is 32.9 Å². The Morgan fingerprint density at radius 1 is 1.29 bits per heavy atom. The van der Waals surface area contributed by atoms with Gasteiger partial charge in [0.25, 0.3) is 0 Å². The highest BCUT2D eigenvalue weighted by Gasteiger charge is 2.26. The number of alkyl halides is 2. The van der Waals surface area contributed by atoms with Crippen LogP contribution in [0.4, 0.5) is 19.4 Å². The molecule has 0 saturated carbocycles.